The molecular weight excluding hydrogens is 515 g/mol. The van der Waals surface area contributed by atoms with Gasteiger partial charge in [0.25, 0.3) is 0 Å². The van der Waals surface area contributed by atoms with Crippen molar-refractivity contribution in [3.63, 3.8) is 0 Å². The Morgan fingerprint density at radius 3 is 2.40 bits per heavy atom. The smallest absolute Gasteiger partial charge is 0.222 e. The van der Waals surface area contributed by atoms with E-state index in [1.165, 1.54) is 0 Å². The summed E-state index contributed by atoms with van der Waals surface area (Å²) >= 11 is 0. The summed E-state index contributed by atoms with van der Waals surface area (Å²) in [6.07, 6.45) is 1.25. The average molecular weight is 551 g/mol. The molecule has 0 saturated carbocycles. The summed E-state index contributed by atoms with van der Waals surface area (Å²) in [6, 6.07) is 7.22. The number of likely N-dealkylation sites (tertiary alicyclic amines) is 1. The zero-order valence-electron chi connectivity index (χ0n) is 18.6. The van der Waals surface area contributed by atoms with Gasteiger partial charge in [0.2, 0.25) is 5.91 Å². The van der Waals surface area contributed by atoms with E-state index >= 15 is 0 Å². The van der Waals surface area contributed by atoms with Crippen molar-refractivity contribution >= 4 is 45.7 Å². The van der Waals surface area contributed by atoms with Gasteiger partial charge >= 0.3 is 0 Å². The van der Waals surface area contributed by atoms with Crippen LogP contribution in [0.5, 0.6) is 0 Å². The first-order chi connectivity index (χ1) is 13.5. The van der Waals surface area contributed by atoms with E-state index in [0.717, 1.165) is 12.0 Å². The van der Waals surface area contributed by atoms with Gasteiger partial charge in [0.05, 0.1) is 17.2 Å². The van der Waals surface area contributed by atoms with Crippen LogP contribution in [0, 0.1) is 0 Å². The standard InChI is InChI=1S/C21H34N4O3S.HI/c1-6-22-20(24-17-9-12-19(26)25(5)15-17)23-13-14-29(27,28)18-10-7-16(8-11-18)21(2,3)4;/h7-8,10-11,17H,6,9,12-15H2,1-5H3,(H2,22,23,24);1H. The van der Waals surface area contributed by atoms with Crippen LogP contribution in [0.1, 0.15) is 46.1 Å². The van der Waals surface area contributed by atoms with Gasteiger partial charge in [-0.05, 0) is 36.5 Å². The molecule has 1 atom stereocenters. The Morgan fingerprint density at radius 1 is 1.23 bits per heavy atom. The normalized spacial score (nSPS) is 18.0. The molecule has 170 valence electrons. The number of aliphatic imine (C=N–C) groups is 1. The van der Waals surface area contributed by atoms with Crippen molar-refractivity contribution < 1.29 is 13.2 Å². The fraction of sp³-hybridized carbons (Fsp3) is 0.619. The lowest BCUT2D eigenvalue weighted by Crippen LogP contribution is -2.51. The highest BCUT2D eigenvalue weighted by atomic mass is 127. The number of halogens is 1. The Kier molecular flexibility index (Phi) is 10.1. The topological polar surface area (TPSA) is 90.9 Å². The molecule has 2 rings (SSSR count). The molecule has 1 aliphatic heterocycles. The maximum Gasteiger partial charge on any atom is 0.222 e. The molecule has 1 saturated heterocycles. The number of sulfone groups is 1. The molecule has 0 aliphatic carbocycles. The van der Waals surface area contributed by atoms with Crippen molar-refractivity contribution in [3.8, 4) is 0 Å². The number of benzene rings is 1. The lowest BCUT2D eigenvalue weighted by molar-refractivity contribution is -0.132. The van der Waals surface area contributed by atoms with E-state index in [1.54, 1.807) is 24.1 Å². The second-order valence-corrected chi connectivity index (χ2v) is 10.6. The minimum Gasteiger partial charge on any atom is -0.357 e. The van der Waals surface area contributed by atoms with Gasteiger partial charge in [0.15, 0.2) is 15.8 Å². The van der Waals surface area contributed by atoms with Crippen LogP contribution in [0.4, 0.5) is 0 Å². The number of hydrogen-bond acceptors (Lipinski definition) is 4. The molecular formula is C21H35IN4O3S. The number of hydrogen-bond donors (Lipinski definition) is 2. The van der Waals surface area contributed by atoms with Crippen molar-refractivity contribution in [1.29, 1.82) is 0 Å². The van der Waals surface area contributed by atoms with E-state index < -0.39 is 9.84 Å². The van der Waals surface area contributed by atoms with E-state index in [0.29, 0.717) is 30.4 Å². The quantitative estimate of drug-likeness (QED) is 0.323. The molecule has 1 aromatic carbocycles. The number of nitrogens with one attached hydrogen (secondary N) is 2. The van der Waals surface area contributed by atoms with Gasteiger partial charge in [-0.2, -0.15) is 0 Å². The van der Waals surface area contributed by atoms with Gasteiger partial charge in [-0.1, -0.05) is 32.9 Å². The molecule has 0 spiro atoms. The predicted octanol–water partition coefficient (Wildman–Crippen LogP) is 2.55. The number of likely N-dealkylation sites (N-methyl/N-ethyl adjacent to an activating group) is 1. The van der Waals surface area contributed by atoms with E-state index in [9.17, 15) is 13.2 Å². The summed E-state index contributed by atoms with van der Waals surface area (Å²) in [6.45, 7) is 9.71. The Bertz CT molecular complexity index is 833. The number of guanidine groups is 1. The highest BCUT2D eigenvalue weighted by Crippen LogP contribution is 2.23. The first kappa shape index (κ1) is 26.7. The minimum absolute atomic E-state index is 0. The first-order valence-electron chi connectivity index (χ1n) is 10.1. The third-order valence-electron chi connectivity index (χ3n) is 5.02. The second-order valence-electron chi connectivity index (χ2n) is 8.51. The van der Waals surface area contributed by atoms with Crippen LogP contribution in [-0.2, 0) is 20.0 Å². The SMILES string of the molecule is CCNC(=NCCS(=O)(=O)c1ccc(C(C)(C)C)cc1)NC1CCC(=O)N(C)C1.I. The molecule has 1 amide bonds. The van der Waals surface area contributed by atoms with Crippen LogP contribution in [0.3, 0.4) is 0 Å². The van der Waals surface area contributed by atoms with Crippen LogP contribution in [0.15, 0.2) is 34.2 Å². The second kappa shape index (κ2) is 11.3. The van der Waals surface area contributed by atoms with Crippen LogP contribution >= 0.6 is 24.0 Å². The van der Waals surface area contributed by atoms with Crippen LogP contribution in [0.2, 0.25) is 0 Å². The van der Waals surface area contributed by atoms with Crippen molar-refractivity contribution in [2.24, 2.45) is 4.99 Å². The van der Waals surface area contributed by atoms with Gasteiger partial charge in [0, 0.05) is 32.6 Å². The summed E-state index contributed by atoms with van der Waals surface area (Å²) in [7, 11) is -1.61. The molecule has 0 radical (unpaired) electrons. The maximum absolute atomic E-state index is 12.6. The molecule has 1 heterocycles. The van der Waals surface area contributed by atoms with E-state index in [4.69, 9.17) is 0 Å². The van der Waals surface area contributed by atoms with Crippen molar-refractivity contribution in [3.05, 3.63) is 29.8 Å². The first-order valence-corrected chi connectivity index (χ1v) is 11.8. The number of carbonyl (C=O) groups is 1. The Balaban J connectivity index is 0.00000450. The predicted molar refractivity (Wildman–Crippen MR) is 132 cm³/mol. The molecule has 0 bridgehead atoms. The summed E-state index contributed by atoms with van der Waals surface area (Å²) in [5, 5.41) is 6.45. The Hall–Kier alpha value is -1.36. The summed E-state index contributed by atoms with van der Waals surface area (Å²) < 4.78 is 25.3. The van der Waals surface area contributed by atoms with Crippen molar-refractivity contribution in [2.45, 2.75) is 56.9 Å². The highest BCUT2D eigenvalue weighted by Gasteiger charge is 2.23. The molecule has 1 unspecified atom stereocenters. The zero-order valence-corrected chi connectivity index (χ0v) is 21.7. The minimum atomic E-state index is -3.40. The van der Waals surface area contributed by atoms with E-state index in [1.807, 2.05) is 19.1 Å². The van der Waals surface area contributed by atoms with Crippen molar-refractivity contribution in [1.82, 2.24) is 15.5 Å². The zero-order chi connectivity index (χ0) is 21.7. The molecule has 0 aromatic heterocycles. The third kappa shape index (κ3) is 7.72. The Labute approximate surface area is 198 Å². The number of amides is 1. The van der Waals surface area contributed by atoms with Gasteiger partial charge in [-0.3, -0.25) is 9.79 Å². The molecule has 1 aliphatic rings. The average Bonchev–Trinajstić information content (AvgIpc) is 2.64. The number of carbonyl (C=O) groups excluding carboxylic acids is 1. The fourth-order valence-electron chi connectivity index (χ4n) is 3.20. The van der Waals surface area contributed by atoms with Crippen LogP contribution < -0.4 is 10.6 Å². The lowest BCUT2D eigenvalue weighted by atomic mass is 9.87. The summed E-state index contributed by atoms with van der Waals surface area (Å²) in [4.78, 5) is 18.1. The molecule has 1 fully saturated rings. The third-order valence-corrected chi connectivity index (χ3v) is 6.73. The molecule has 7 nitrogen and oxygen atoms in total. The molecule has 2 N–H and O–H groups in total. The van der Waals surface area contributed by atoms with Crippen LogP contribution in [0.25, 0.3) is 0 Å². The largest absolute Gasteiger partial charge is 0.357 e. The highest BCUT2D eigenvalue weighted by molar-refractivity contribution is 14.0. The van der Waals surface area contributed by atoms with E-state index in [2.05, 4.69) is 36.4 Å². The number of piperidine rings is 1. The van der Waals surface area contributed by atoms with Gasteiger partial charge in [-0.15, -0.1) is 24.0 Å². The van der Waals surface area contributed by atoms with Gasteiger partial charge in [-0.25, -0.2) is 8.42 Å². The van der Waals surface area contributed by atoms with Crippen molar-refractivity contribution in [2.75, 3.05) is 32.4 Å². The maximum atomic E-state index is 12.6. The molecule has 30 heavy (non-hydrogen) atoms. The summed E-state index contributed by atoms with van der Waals surface area (Å²) in [5.74, 6) is 0.675. The monoisotopic (exact) mass is 550 g/mol. The van der Waals surface area contributed by atoms with E-state index in [-0.39, 0.29) is 53.6 Å². The van der Waals surface area contributed by atoms with Gasteiger partial charge < -0.3 is 15.5 Å². The number of rotatable bonds is 6. The molecule has 1 aromatic rings. The summed E-state index contributed by atoms with van der Waals surface area (Å²) in [5.41, 5.74) is 1.08. The molecule has 9 heteroatoms. The lowest BCUT2D eigenvalue weighted by Gasteiger charge is -2.31. The van der Waals surface area contributed by atoms with Crippen LogP contribution in [-0.4, -0.2) is 63.7 Å². The Morgan fingerprint density at radius 2 is 1.87 bits per heavy atom. The fourth-order valence-corrected chi connectivity index (χ4v) is 4.32. The van der Waals surface area contributed by atoms with Gasteiger partial charge in [0.1, 0.15) is 0 Å². The number of nitrogens with zero attached hydrogens (tertiary/aromatic N) is 2.